The fraction of sp³-hybridized carbons (Fsp3) is 0.636. The van der Waals surface area contributed by atoms with Gasteiger partial charge in [-0.25, -0.2) is 4.98 Å². The number of nitrogens with two attached hydrogens (primary N) is 1. The molecule has 2 rings (SSSR count). The molecule has 0 amide bonds. The van der Waals surface area contributed by atoms with Gasteiger partial charge in [0.05, 0.1) is 25.5 Å². The van der Waals surface area contributed by atoms with Crippen molar-refractivity contribution >= 4 is 17.4 Å². The lowest BCUT2D eigenvalue weighted by molar-refractivity contribution is -0.0127. The standard InChI is InChI=1S/C11H17ClN4O2/c1-3-18-8-4-7(13)9(8)15-10-6(12)5-14-11(16-10)17-2/h5,7-9H,3-4,13H2,1-2H3,(H,14,15,16). The van der Waals surface area contributed by atoms with E-state index >= 15 is 0 Å². The van der Waals surface area contributed by atoms with Crippen LogP contribution in [0.4, 0.5) is 5.82 Å². The third-order valence-corrected chi connectivity index (χ3v) is 3.23. The van der Waals surface area contributed by atoms with Gasteiger partial charge < -0.3 is 20.5 Å². The van der Waals surface area contributed by atoms with Gasteiger partial charge in [-0.3, -0.25) is 0 Å². The van der Waals surface area contributed by atoms with Crippen molar-refractivity contribution in [2.75, 3.05) is 19.0 Å². The van der Waals surface area contributed by atoms with E-state index in [0.29, 0.717) is 17.4 Å². The Bertz CT molecular complexity index is 416. The molecule has 0 saturated heterocycles. The van der Waals surface area contributed by atoms with E-state index in [1.807, 2.05) is 6.92 Å². The highest BCUT2D eigenvalue weighted by atomic mass is 35.5. The Morgan fingerprint density at radius 1 is 1.61 bits per heavy atom. The van der Waals surface area contributed by atoms with Gasteiger partial charge in [0.15, 0.2) is 5.82 Å². The van der Waals surface area contributed by atoms with Gasteiger partial charge in [0.1, 0.15) is 5.02 Å². The molecule has 0 aliphatic heterocycles. The monoisotopic (exact) mass is 272 g/mol. The highest BCUT2D eigenvalue weighted by Gasteiger charge is 2.39. The Kier molecular flexibility index (Phi) is 4.21. The molecule has 0 bridgehead atoms. The number of anilines is 1. The van der Waals surface area contributed by atoms with Gasteiger partial charge in [-0.15, -0.1) is 0 Å². The van der Waals surface area contributed by atoms with Crippen LogP contribution in [0, 0.1) is 0 Å². The van der Waals surface area contributed by atoms with Crippen LogP contribution in [0.1, 0.15) is 13.3 Å². The molecule has 0 radical (unpaired) electrons. The maximum atomic E-state index is 6.03. The Labute approximate surface area is 111 Å². The summed E-state index contributed by atoms with van der Waals surface area (Å²) in [5.41, 5.74) is 5.95. The summed E-state index contributed by atoms with van der Waals surface area (Å²) in [7, 11) is 1.51. The first-order valence-corrected chi connectivity index (χ1v) is 6.23. The molecule has 18 heavy (non-hydrogen) atoms. The topological polar surface area (TPSA) is 82.3 Å². The van der Waals surface area contributed by atoms with Crippen molar-refractivity contribution < 1.29 is 9.47 Å². The minimum absolute atomic E-state index is 0.0158. The second kappa shape index (κ2) is 5.69. The van der Waals surface area contributed by atoms with Crippen molar-refractivity contribution in [2.45, 2.75) is 31.5 Å². The number of halogens is 1. The molecule has 0 spiro atoms. The Morgan fingerprint density at radius 3 is 3.00 bits per heavy atom. The molecule has 7 heteroatoms. The van der Waals surface area contributed by atoms with Crippen molar-refractivity contribution in [3.63, 3.8) is 0 Å². The van der Waals surface area contributed by atoms with E-state index in [9.17, 15) is 0 Å². The quantitative estimate of drug-likeness (QED) is 0.834. The van der Waals surface area contributed by atoms with Gasteiger partial charge in [0.2, 0.25) is 0 Å². The van der Waals surface area contributed by atoms with Crippen LogP contribution in [-0.2, 0) is 4.74 Å². The molecule has 1 fully saturated rings. The fourth-order valence-corrected chi connectivity index (χ4v) is 2.08. The summed E-state index contributed by atoms with van der Waals surface area (Å²) in [5.74, 6) is 0.522. The summed E-state index contributed by atoms with van der Waals surface area (Å²) in [6.07, 6.45) is 2.43. The number of rotatable bonds is 5. The van der Waals surface area contributed by atoms with E-state index in [1.165, 1.54) is 13.3 Å². The average Bonchev–Trinajstić information content (AvgIpc) is 2.37. The zero-order valence-corrected chi connectivity index (χ0v) is 11.1. The van der Waals surface area contributed by atoms with Gasteiger partial charge >= 0.3 is 6.01 Å². The van der Waals surface area contributed by atoms with Gasteiger partial charge in [0.25, 0.3) is 0 Å². The molecule has 3 N–H and O–H groups in total. The van der Waals surface area contributed by atoms with Crippen LogP contribution in [-0.4, -0.2) is 41.9 Å². The largest absolute Gasteiger partial charge is 0.467 e. The predicted molar refractivity (Wildman–Crippen MR) is 69.0 cm³/mol. The maximum absolute atomic E-state index is 6.03. The molecule has 1 saturated carbocycles. The molecule has 3 atom stereocenters. The van der Waals surface area contributed by atoms with Crippen molar-refractivity contribution in [3.05, 3.63) is 11.2 Å². The second-order valence-corrected chi connectivity index (χ2v) is 4.52. The number of hydrogen-bond acceptors (Lipinski definition) is 6. The number of nitrogens with zero attached hydrogens (tertiary/aromatic N) is 2. The van der Waals surface area contributed by atoms with Gasteiger partial charge in [-0.05, 0) is 13.3 Å². The van der Waals surface area contributed by atoms with Crippen LogP contribution in [0.25, 0.3) is 0 Å². The lowest BCUT2D eigenvalue weighted by atomic mass is 9.83. The van der Waals surface area contributed by atoms with Crippen LogP contribution >= 0.6 is 11.6 Å². The summed E-state index contributed by atoms with van der Waals surface area (Å²) in [6.45, 7) is 2.62. The van der Waals surface area contributed by atoms with E-state index < -0.39 is 0 Å². The van der Waals surface area contributed by atoms with Crippen LogP contribution in [0.3, 0.4) is 0 Å². The predicted octanol–water partition coefficient (Wildman–Crippen LogP) is 1.06. The average molecular weight is 273 g/mol. The van der Waals surface area contributed by atoms with E-state index in [-0.39, 0.29) is 24.2 Å². The first-order valence-electron chi connectivity index (χ1n) is 5.86. The van der Waals surface area contributed by atoms with Gasteiger partial charge in [0, 0.05) is 12.6 Å². The number of aromatic nitrogens is 2. The number of ether oxygens (including phenoxy) is 2. The Hall–Kier alpha value is -1.11. The summed E-state index contributed by atoms with van der Waals surface area (Å²) < 4.78 is 10.5. The van der Waals surface area contributed by atoms with E-state index in [1.54, 1.807) is 0 Å². The first-order chi connectivity index (χ1) is 8.65. The third-order valence-electron chi connectivity index (χ3n) is 2.95. The molecule has 0 aromatic carbocycles. The van der Waals surface area contributed by atoms with E-state index in [4.69, 9.17) is 26.8 Å². The molecule has 1 heterocycles. The maximum Gasteiger partial charge on any atom is 0.318 e. The highest BCUT2D eigenvalue weighted by Crippen LogP contribution is 2.29. The van der Waals surface area contributed by atoms with E-state index in [2.05, 4.69) is 15.3 Å². The molecule has 1 aromatic rings. The normalized spacial score (nSPS) is 26.6. The fourth-order valence-electron chi connectivity index (χ4n) is 1.94. The zero-order valence-electron chi connectivity index (χ0n) is 10.4. The van der Waals surface area contributed by atoms with Crippen LogP contribution in [0.15, 0.2) is 6.20 Å². The van der Waals surface area contributed by atoms with Crippen molar-refractivity contribution in [3.8, 4) is 6.01 Å². The molecule has 6 nitrogen and oxygen atoms in total. The zero-order chi connectivity index (χ0) is 13.1. The van der Waals surface area contributed by atoms with Crippen molar-refractivity contribution in [2.24, 2.45) is 5.73 Å². The lowest BCUT2D eigenvalue weighted by Crippen LogP contribution is -2.60. The molecule has 100 valence electrons. The summed E-state index contributed by atoms with van der Waals surface area (Å²) in [6, 6.07) is 0.323. The SMILES string of the molecule is CCOC1CC(N)C1Nc1nc(OC)ncc1Cl. The van der Waals surface area contributed by atoms with E-state index in [0.717, 1.165) is 6.42 Å². The minimum Gasteiger partial charge on any atom is -0.467 e. The molecule has 1 aliphatic rings. The van der Waals surface area contributed by atoms with Gasteiger partial charge in [-0.2, -0.15) is 4.98 Å². The minimum atomic E-state index is 0.0158. The number of hydrogen-bond donors (Lipinski definition) is 2. The summed E-state index contributed by atoms with van der Waals surface area (Å²) >= 11 is 6.03. The molecule has 1 aliphatic carbocycles. The lowest BCUT2D eigenvalue weighted by Gasteiger charge is -2.42. The Balaban J connectivity index is 2.08. The molecular formula is C11H17ClN4O2. The first kappa shape index (κ1) is 13.3. The molecule has 3 unspecified atom stereocenters. The summed E-state index contributed by atoms with van der Waals surface area (Å²) in [5, 5.41) is 3.63. The summed E-state index contributed by atoms with van der Waals surface area (Å²) in [4.78, 5) is 8.07. The smallest absolute Gasteiger partial charge is 0.318 e. The number of nitrogens with one attached hydrogen (secondary N) is 1. The Morgan fingerprint density at radius 2 is 2.39 bits per heavy atom. The second-order valence-electron chi connectivity index (χ2n) is 4.12. The van der Waals surface area contributed by atoms with Crippen molar-refractivity contribution in [1.82, 2.24) is 9.97 Å². The molecular weight excluding hydrogens is 256 g/mol. The third kappa shape index (κ3) is 2.66. The number of methoxy groups -OCH3 is 1. The van der Waals surface area contributed by atoms with Crippen LogP contribution in [0.2, 0.25) is 5.02 Å². The van der Waals surface area contributed by atoms with Gasteiger partial charge in [-0.1, -0.05) is 11.6 Å². The van der Waals surface area contributed by atoms with Crippen LogP contribution in [0.5, 0.6) is 6.01 Å². The highest BCUT2D eigenvalue weighted by molar-refractivity contribution is 6.32. The molecule has 1 aromatic heterocycles. The van der Waals surface area contributed by atoms with Crippen LogP contribution < -0.4 is 15.8 Å². The van der Waals surface area contributed by atoms with Crippen molar-refractivity contribution in [1.29, 1.82) is 0 Å².